The van der Waals surface area contributed by atoms with Gasteiger partial charge in [-0.3, -0.25) is 14.9 Å². The maximum Gasteiger partial charge on any atom is 0.282 e. The van der Waals surface area contributed by atoms with Crippen molar-refractivity contribution in [2.45, 2.75) is 0 Å². The molecular formula is C28H18N4O6. The SMILES string of the molecule is COc1cccc2oc(-c3nc4ccccc4c(=O)n3N=Cc3ccc(-c4ccccc4[N+](=O)[O-])o3)cc12. The number of nitro benzene ring substituents is 1. The highest BCUT2D eigenvalue weighted by Gasteiger charge is 2.19. The van der Waals surface area contributed by atoms with E-state index >= 15 is 0 Å². The number of ether oxygens (including phenoxy) is 1. The molecule has 0 radical (unpaired) electrons. The van der Waals surface area contributed by atoms with E-state index < -0.39 is 10.5 Å². The maximum atomic E-state index is 13.5. The van der Waals surface area contributed by atoms with Gasteiger partial charge in [-0.25, -0.2) is 4.98 Å². The Bertz CT molecular complexity index is 1930. The molecule has 0 saturated carbocycles. The molecule has 0 fully saturated rings. The third-order valence-electron chi connectivity index (χ3n) is 6.01. The lowest BCUT2D eigenvalue weighted by Crippen LogP contribution is -2.20. The van der Waals surface area contributed by atoms with Gasteiger partial charge in [0.05, 0.1) is 40.1 Å². The highest BCUT2D eigenvalue weighted by molar-refractivity contribution is 5.88. The Kier molecular flexibility index (Phi) is 5.53. The Hall–Kier alpha value is -5.51. The lowest BCUT2D eigenvalue weighted by atomic mass is 10.1. The van der Waals surface area contributed by atoms with Crippen molar-refractivity contribution in [2.75, 3.05) is 7.11 Å². The first kappa shape index (κ1) is 22.9. The van der Waals surface area contributed by atoms with Crippen molar-refractivity contribution in [3.05, 3.63) is 111 Å². The number of nitrogens with zero attached hydrogens (tertiary/aromatic N) is 4. The fourth-order valence-electron chi connectivity index (χ4n) is 4.24. The average Bonchev–Trinajstić information content (AvgIpc) is 3.60. The highest BCUT2D eigenvalue weighted by atomic mass is 16.6. The van der Waals surface area contributed by atoms with Crippen LogP contribution in [-0.4, -0.2) is 27.9 Å². The summed E-state index contributed by atoms with van der Waals surface area (Å²) in [6.07, 6.45) is 1.35. The summed E-state index contributed by atoms with van der Waals surface area (Å²) in [5, 5.41) is 16.9. The molecule has 0 aliphatic rings. The van der Waals surface area contributed by atoms with Gasteiger partial charge in [0, 0.05) is 6.07 Å². The van der Waals surface area contributed by atoms with Crippen LogP contribution in [0.15, 0.2) is 104 Å². The lowest BCUT2D eigenvalue weighted by Gasteiger charge is -2.06. The molecular weight excluding hydrogens is 488 g/mol. The average molecular weight is 506 g/mol. The van der Waals surface area contributed by atoms with E-state index in [0.29, 0.717) is 39.3 Å². The van der Waals surface area contributed by atoms with E-state index in [-0.39, 0.29) is 17.3 Å². The summed E-state index contributed by atoms with van der Waals surface area (Å²) < 4.78 is 18.4. The summed E-state index contributed by atoms with van der Waals surface area (Å²) in [7, 11) is 1.57. The lowest BCUT2D eigenvalue weighted by molar-refractivity contribution is -0.384. The Morgan fingerprint density at radius 1 is 0.947 bits per heavy atom. The molecule has 0 bridgehead atoms. The van der Waals surface area contributed by atoms with Crippen LogP contribution in [0.4, 0.5) is 5.69 Å². The molecule has 10 nitrogen and oxygen atoms in total. The van der Waals surface area contributed by atoms with E-state index in [1.807, 2.05) is 6.07 Å². The number of nitro groups is 1. The Balaban J connectivity index is 1.47. The molecule has 0 N–H and O–H groups in total. The van der Waals surface area contributed by atoms with Gasteiger partial charge in [-0.05, 0) is 48.5 Å². The van der Waals surface area contributed by atoms with Crippen molar-refractivity contribution in [3.8, 4) is 28.7 Å². The van der Waals surface area contributed by atoms with Gasteiger partial charge in [-0.1, -0.05) is 30.3 Å². The Labute approximate surface area is 214 Å². The molecule has 0 aliphatic carbocycles. The van der Waals surface area contributed by atoms with Crippen LogP contribution in [0.1, 0.15) is 5.76 Å². The zero-order valence-corrected chi connectivity index (χ0v) is 19.9. The van der Waals surface area contributed by atoms with Crippen molar-refractivity contribution >= 4 is 33.8 Å². The molecule has 10 heteroatoms. The first-order valence-electron chi connectivity index (χ1n) is 11.5. The van der Waals surface area contributed by atoms with Gasteiger partial charge in [0.25, 0.3) is 11.2 Å². The van der Waals surface area contributed by atoms with Crippen LogP contribution in [0.2, 0.25) is 0 Å². The summed E-state index contributed by atoms with van der Waals surface area (Å²) >= 11 is 0. The molecule has 38 heavy (non-hydrogen) atoms. The van der Waals surface area contributed by atoms with Crippen molar-refractivity contribution in [1.29, 1.82) is 0 Å². The van der Waals surface area contributed by atoms with Crippen LogP contribution in [0, 0.1) is 10.1 Å². The Morgan fingerprint density at radius 3 is 2.61 bits per heavy atom. The molecule has 186 valence electrons. The zero-order chi connectivity index (χ0) is 26.2. The monoisotopic (exact) mass is 506 g/mol. The quantitative estimate of drug-likeness (QED) is 0.157. The van der Waals surface area contributed by atoms with E-state index in [4.69, 9.17) is 13.6 Å². The maximum absolute atomic E-state index is 13.5. The summed E-state index contributed by atoms with van der Waals surface area (Å²) in [6.45, 7) is 0. The largest absolute Gasteiger partial charge is 0.496 e. The number of aromatic nitrogens is 2. The molecule has 3 aromatic carbocycles. The minimum Gasteiger partial charge on any atom is -0.496 e. The summed E-state index contributed by atoms with van der Waals surface area (Å²) in [5.41, 5.74) is 0.904. The predicted octanol–water partition coefficient (Wildman–Crippen LogP) is 5.87. The first-order valence-corrected chi connectivity index (χ1v) is 11.5. The van der Waals surface area contributed by atoms with Gasteiger partial charge in [-0.2, -0.15) is 9.78 Å². The number of rotatable bonds is 6. The Morgan fingerprint density at radius 2 is 1.76 bits per heavy atom. The van der Waals surface area contributed by atoms with Crippen LogP contribution < -0.4 is 10.3 Å². The van der Waals surface area contributed by atoms with Crippen molar-refractivity contribution < 1.29 is 18.5 Å². The van der Waals surface area contributed by atoms with Gasteiger partial charge in [0.1, 0.15) is 22.9 Å². The van der Waals surface area contributed by atoms with Crippen LogP contribution in [-0.2, 0) is 0 Å². The van der Waals surface area contributed by atoms with E-state index in [2.05, 4.69) is 10.1 Å². The zero-order valence-electron chi connectivity index (χ0n) is 19.9. The molecule has 3 heterocycles. The first-order chi connectivity index (χ1) is 18.5. The van der Waals surface area contributed by atoms with Gasteiger partial charge < -0.3 is 13.6 Å². The van der Waals surface area contributed by atoms with Crippen molar-refractivity contribution in [1.82, 2.24) is 9.66 Å². The normalized spacial score (nSPS) is 11.5. The smallest absolute Gasteiger partial charge is 0.282 e. The minimum atomic E-state index is -0.472. The number of benzene rings is 3. The number of para-hydroxylation sites is 2. The molecule has 0 aliphatic heterocycles. The second kappa shape index (κ2) is 9.17. The third kappa shape index (κ3) is 3.90. The second-order valence-electron chi connectivity index (χ2n) is 8.27. The van der Waals surface area contributed by atoms with Crippen LogP contribution in [0.25, 0.3) is 44.8 Å². The molecule has 6 aromatic rings. The highest BCUT2D eigenvalue weighted by Crippen LogP contribution is 2.33. The van der Waals surface area contributed by atoms with Crippen molar-refractivity contribution in [2.24, 2.45) is 5.10 Å². The second-order valence-corrected chi connectivity index (χ2v) is 8.27. The number of furan rings is 2. The number of hydrogen-bond acceptors (Lipinski definition) is 8. The summed E-state index contributed by atoms with van der Waals surface area (Å²) in [4.78, 5) is 29.1. The molecule has 6 rings (SSSR count). The predicted molar refractivity (Wildman–Crippen MR) is 142 cm³/mol. The van der Waals surface area contributed by atoms with Crippen LogP contribution >= 0.6 is 0 Å². The van der Waals surface area contributed by atoms with E-state index in [9.17, 15) is 14.9 Å². The van der Waals surface area contributed by atoms with Gasteiger partial charge >= 0.3 is 0 Å². The topological polar surface area (TPSA) is 126 Å². The molecule has 0 atom stereocenters. The van der Waals surface area contributed by atoms with Gasteiger partial charge in [-0.15, -0.1) is 0 Å². The number of fused-ring (bicyclic) bond motifs is 2. The number of hydrogen-bond donors (Lipinski definition) is 0. The summed E-state index contributed by atoms with van der Waals surface area (Å²) in [5.74, 6) is 1.72. The van der Waals surface area contributed by atoms with E-state index in [1.165, 1.54) is 12.3 Å². The third-order valence-corrected chi connectivity index (χ3v) is 6.01. The van der Waals surface area contributed by atoms with E-state index in [0.717, 1.165) is 10.1 Å². The standard InChI is InChI=1S/C28H18N4O6/c1-36-23-11-6-12-24-20(23)15-26(38-24)27-30-21-9-4-2-7-18(21)28(33)31(27)29-16-17-13-14-25(37-17)19-8-3-5-10-22(19)32(34)35/h2-16H,1H3. The van der Waals surface area contributed by atoms with Crippen LogP contribution in [0.5, 0.6) is 5.75 Å². The minimum absolute atomic E-state index is 0.0807. The fraction of sp³-hybridized carbons (Fsp3) is 0.0357. The van der Waals surface area contributed by atoms with E-state index in [1.54, 1.807) is 79.9 Å². The number of methoxy groups -OCH3 is 1. The molecule has 0 unspecified atom stereocenters. The summed E-state index contributed by atoms with van der Waals surface area (Å²) in [6, 6.07) is 23.6. The molecule has 0 spiro atoms. The van der Waals surface area contributed by atoms with Gasteiger partial charge in [0.2, 0.25) is 5.82 Å². The van der Waals surface area contributed by atoms with Crippen LogP contribution in [0.3, 0.4) is 0 Å². The fourth-order valence-corrected chi connectivity index (χ4v) is 4.24. The molecule has 0 saturated heterocycles. The molecule has 3 aromatic heterocycles. The van der Waals surface area contributed by atoms with Gasteiger partial charge in [0.15, 0.2) is 5.76 Å². The molecule has 0 amide bonds. The van der Waals surface area contributed by atoms with Crippen molar-refractivity contribution in [3.63, 3.8) is 0 Å².